The summed E-state index contributed by atoms with van der Waals surface area (Å²) in [4.78, 5) is 0. The van der Waals surface area contributed by atoms with E-state index in [4.69, 9.17) is 4.74 Å². The van der Waals surface area contributed by atoms with Gasteiger partial charge in [-0.3, -0.25) is 0 Å². The second-order valence-corrected chi connectivity index (χ2v) is 7.94. The molecule has 4 nitrogen and oxygen atoms in total. The maximum Gasteiger partial charge on any atom is 0.151 e. The monoisotopic (exact) mass is 275 g/mol. The van der Waals surface area contributed by atoms with Crippen LogP contribution in [-0.2, 0) is 14.6 Å². The molecule has 1 heterocycles. The molecule has 0 aromatic carbocycles. The van der Waals surface area contributed by atoms with Crippen molar-refractivity contribution in [3.63, 3.8) is 0 Å². The van der Waals surface area contributed by atoms with Crippen molar-refractivity contribution in [3.05, 3.63) is 0 Å². The van der Waals surface area contributed by atoms with E-state index < -0.39 is 9.84 Å². The number of nitrogens with one attached hydrogen (secondary N) is 1. The summed E-state index contributed by atoms with van der Waals surface area (Å²) < 4.78 is 29.1. The van der Waals surface area contributed by atoms with Crippen LogP contribution in [0.5, 0.6) is 0 Å². The molecular formula is C13H25NO3S. The summed E-state index contributed by atoms with van der Waals surface area (Å²) in [5, 5.41) is 3.30. The Hall–Kier alpha value is -0.130. The van der Waals surface area contributed by atoms with Crippen LogP contribution in [0.3, 0.4) is 0 Å². The second-order valence-electron chi connectivity index (χ2n) is 5.68. The van der Waals surface area contributed by atoms with E-state index in [2.05, 4.69) is 12.2 Å². The summed E-state index contributed by atoms with van der Waals surface area (Å²) in [6, 6.07) is 0.151. The van der Waals surface area contributed by atoms with Crippen molar-refractivity contribution in [2.75, 3.05) is 19.4 Å². The van der Waals surface area contributed by atoms with Crippen LogP contribution in [0.25, 0.3) is 0 Å². The van der Waals surface area contributed by atoms with Crippen molar-refractivity contribution in [2.24, 2.45) is 5.92 Å². The third-order valence-corrected chi connectivity index (χ3v) is 6.06. The van der Waals surface area contributed by atoms with Crippen molar-refractivity contribution in [3.8, 4) is 0 Å². The lowest BCUT2D eigenvalue weighted by molar-refractivity contribution is 0.0867. The first-order valence-electron chi connectivity index (χ1n) is 7.06. The Morgan fingerprint density at radius 2 is 2.06 bits per heavy atom. The van der Waals surface area contributed by atoms with Crippen molar-refractivity contribution < 1.29 is 13.2 Å². The first-order chi connectivity index (χ1) is 8.52. The Balaban J connectivity index is 1.86. The summed E-state index contributed by atoms with van der Waals surface area (Å²) in [6.45, 7) is 3.90. The van der Waals surface area contributed by atoms with Gasteiger partial charge in [-0.2, -0.15) is 0 Å². The summed E-state index contributed by atoms with van der Waals surface area (Å²) in [5.74, 6) is 0.552. The van der Waals surface area contributed by atoms with E-state index >= 15 is 0 Å². The number of sulfone groups is 1. The molecule has 4 atom stereocenters. The lowest BCUT2D eigenvalue weighted by Gasteiger charge is -2.23. The zero-order valence-corrected chi connectivity index (χ0v) is 12.2. The van der Waals surface area contributed by atoms with Crippen LogP contribution < -0.4 is 5.32 Å². The Kier molecular flexibility index (Phi) is 4.67. The number of rotatable bonds is 5. The van der Waals surface area contributed by atoms with E-state index in [0.717, 1.165) is 45.3 Å². The average Bonchev–Trinajstić information content (AvgIpc) is 2.93. The molecule has 1 aliphatic carbocycles. The molecule has 1 saturated carbocycles. The van der Waals surface area contributed by atoms with Crippen LogP contribution in [0, 0.1) is 5.92 Å². The van der Waals surface area contributed by atoms with Gasteiger partial charge in [-0.1, -0.05) is 13.3 Å². The molecule has 2 aliphatic rings. The highest BCUT2D eigenvalue weighted by Crippen LogP contribution is 2.27. The SMILES string of the molecule is CCC1OCCC1CNC1CCCC1S(C)(=O)=O. The second kappa shape index (κ2) is 5.88. The minimum Gasteiger partial charge on any atom is -0.378 e. The largest absolute Gasteiger partial charge is 0.378 e. The maximum atomic E-state index is 11.7. The molecule has 4 unspecified atom stereocenters. The van der Waals surface area contributed by atoms with E-state index in [0.29, 0.717) is 12.0 Å². The van der Waals surface area contributed by atoms with Gasteiger partial charge in [-0.25, -0.2) is 8.42 Å². The smallest absolute Gasteiger partial charge is 0.151 e. The summed E-state index contributed by atoms with van der Waals surface area (Å²) >= 11 is 0. The Bertz CT molecular complexity index is 368. The first kappa shape index (κ1) is 14.3. The average molecular weight is 275 g/mol. The van der Waals surface area contributed by atoms with E-state index in [-0.39, 0.29) is 11.3 Å². The van der Waals surface area contributed by atoms with Crippen molar-refractivity contribution in [2.45, 2.75) is 56.4 Å². The number of hydrogen-bond acceptors (Lipinski definition) is 4. The van der Waals surface area contributed by atoms with Crippen molar-refractivity contribution in [1.29, 1.82) is 0 Å². The van der Waals surface area contributed by atoms with Crippen LogP contribution in [0.1, 0.15) is 39.0 Å². The van der Waals surface area contributed by atoms with E-state index in [1.165, 1.54) is 6.26 Å². The Labute approximate surface area is 110 Å². The van der Waals surface area contributed by atoms with Gasteiger partial charge in [0.05, 0.1) is 11.4 Å². The molecule has 1 N–H and O–H groups in total. The van der Waals surface area contributed by atoms with Gasteiger partial charge in [0.15, 0.2) is 9.84 Å². The molecule has 0 spiro atoms. The Morgan fingerprint density at radius 3 is 2.72 bits per heavy atom. The maximum absolute atomic E-state index is 11.7. The van der Waals surface area contributed by atoms with Crippen LogP contribution in [0.4, 0.5) is 0 Å². The quantitative estimate of drug-likeness (QED) is 0.823. The molecule has 5 heteroatoms. The van der Waals surface area contributed by atoms with Gasteiger partial charge in [0.1, 0.15) is 0 Å². The van der Waals surface area contributed by atoms with Crippen LogP contribution in [0.2, 0.25) is 0 Å². The minimum absolute atomic E-state index is 0.151. The van der Waals surface area contributed by atoms with Gasteiger partial charge in [0.25, 0.3) is 0 Å². The van der Waals surface area contributed by atoms with Crippen molar-refractivity contribution in [1.82, 2.24) is 5.32 Å². The predicted octanol–water partition coefficient (Wildman–Crippen LogP) is 1.36. The molecule has 0 radical (unpaired) electrons. The van der Waals surface area contributed by atoms with Gasteiger partial charge in [-0.05, 0) is 31.6 Å². The van der Waals surface area contributed by atoms with Crippen LogP contribution in [-0.4, -0.2) is 45.2 Å². The standard InChI is InChI=1S/C13H25NO3S/c1-3-12-10(7-8-17-12)9-14-11-5-4-6-13(11)18(2,15)16/h10-14H,3-9H2,1-2H3. The molecule has 2 rings (SSSR count). The van der Waals surface area contributed by atoms with Crippen LogP contribution >= 0.6 is 0 Å². The number of ether oxygens (including phenoxy) is 1. The van der Waals surface area contributed by atoms with Gasteiger partial charge in [0.2, 0.25) is 0 Å². The van der Waals surface area contributed by atoms with Crippen molar-refractivity contribution >= 4 is 9.84 Å². The third-order valence-electron chi connectivity index (χ3n) is 4.39. The fourth-order valence-electron chi connectivity index (χ4n) is 3.35. The topological polar surface area (TPSA) is 55.4 Å². The van der Waals surface area contributed by atoms with Gasteiger partial charge in [-0.15, -0.1) is 0 Å². The fraction of sp³-hybridized carbons (Fsp3) is 1.00. The van der Waals surface area contributed by atoms with Gasteiger partial charge >= 0.3 is 0 Å². The fourth-order valence-corrected chi connectivity index (χ4v) is 4.78. The number of hydrogen-bond donors (Lipinski definition) is 1. The van der Waals surface area contributed by atoms with E-state index in [1.54, 1.807) is 0 Å². The summed E-state index contributed by atoms with van der Waals surface area (Å²) in [5.41, 5.74) is 0. The van der Waals surface area contributed by atoms with Gasteiger partial charge in [0, 0.05) is 25.4 Å². The molecular weight excluding hydrogens is 250 g/mol. The molecule has 2 fully saturated rings. The Morgan fingerprint density at radius 1 is 1.28 bits per heavy atom. The summed E-state index contributed by atoms with van der Waals surface area (Å²) in [7, 11) is -2.91. The first-order valence-corrected chi connectivity index (χ1v) is 9.01. The lowest BCUT2D eigenvalue weighted by atomic mass is 9.99. The zero-order chi connectivity index (χ0) is 13.2. The highest BCUT2D eigenvalue weighted by molar-refractivity contribution is 7.91. The molecule has 0 aromatic rings. The predicted molar refractivity (Wildman–Crippen MR) is 72.4 cm³/mol. The molecule has 106 valence electrons. The molecule has 0 aromatic heterocycles. The highest BCUT2D eigenvalue weighted by Gasteiger charge is 2.35. The molecule has 1 aliphatic heterocycles. The third kappa shape index (κ3) is 3.25. The molecule has 0 amide bonds. The van der Waals surface area contributed by atoms with Crippen LogP contribution in [0.15, 0.2) is 0 Å². The highest BCUT2D eigenvalue weighted by atomic mass is 32.2. The molecule has 0 bridgehead atoms. The zero-order valence-electron chi connectivity index (χ0n) is 11.4. The van der Waals surface area contributed by atoms with Gasteiger partial charge < -0.3 is 10.1 Å². The minimum atomic E-state index is -2.91. The van der Waals surface area contributed by atoms with E-state index in [9.17, 15) is 8.42 Å². The summed E-state index contributed by atoms with van der Waals surface area (Å²) in [6.07, 6.45) is 6.69. The molecule has 1 saturated heterocycles. The normalized spacial score (nSPS) is 37.2. The lowest BCUT2D eigenvalue weighted by Crippen LogP contribution is -2.43. The molecule has 18 heavy (non-hydrogen) atoms. The van der Waals surface area contributed by atoms with E-state index in [1.807, 2.05) is 0 Å².